The fourth-order valence-corrected chi connectivity index (χ4v) is 4.15. The second-order valence-corrected chi connectivity index (χ2v) is 8.68. The summed E-state index contributed by atoms with van der Waals surface area (Å²) in [4.78, 5) is 24.2. The zero-order valence-electron chi connectivity index (χ0n) is 21.1. The Morgan fingerprint density at radius 1 is 1.00 bits per heavy atom. The van der Waals surface area contributed by atoms with E-state index in [1.807, 2.05) is 61.5 Å². The molecular formula is C27H29N7O3. The van der Waals surface area contributed by atoms with E-state index < -0.39 is 0 Å². The number of nitrogens with one attached hydrogen (secondary N) is 2. The summed E-state index contributed by atoms with van der Waals surface area (Å²) in [5, 5.41) is 10.8. The molecule has 2 N–H and O–H groups in total. The molecule has 190 valence electrons. The molecular weight excluding hydrogens is 470 g/mol. The van der Waals surface area contributed by atoms with Gasteiger partial charge in [0.25, 0.3) is 5.91 Å². The highest BCUT2D eigenvalue weighted by molar-refractivity contribution is 6.03. The van der Waals surface area contributed by atoms with Gasteiger partial charge in [0.2, 0.25) is 0 Å². The molecule has 1 aliphatic heterocycles. The van der Waals surface area contributed by atoms with Crippen molar-refractivity contribution >= 4 is 28.9 Å². The normalized spacial score (nSPS) is 13.3. The maximum Gasteiger partial charge on any atom is 0.273 e. The average Bonchev–Trinajstić information content (AvgIpc) is 3.32. The minimum absolute atomic E-state index is 0.244. The molecule has 2 aromatic heterocycles. The lowest BCUT2D eigenvalue weighted by atomic mass is 10.1. The number of methoxy groups -OCH3 is 1. The van der Waals surface area contributed by atoms with Crippen LogP contribution in [0, 0.1) is 6.92 Å². The Bertz CT molecular complexity index is 1400. The molecule has 1 saturated heterocycles. The van der Waals surface area contributed by atoms with Gasteiger partial charge in [-0.3, -0.25) is 9.48 Å². The van der Waals surface area contributed by atoms with Crippen LogP contribution in [0.5, 0.6) is 5.75 Å². The number of carbonyl (C=O) groups is 1. The van der Waals surface area contributed by atoms with Gasteiger partial charge in [-0.15, -0.1) is 0 Å². The van der Waals surface area contributed by atoms with Gasteiger partial charge in [0, 0.05) is 43.1 Å². The van der Waals surface area contributed by atoms with E-state index in [1.54, 1.807) is 24.9 Å². The number of rotatable bonds is 7. The first-order valence-electron chi connectivity index (χ1n) is 12.0. The second kappa shape index (κ2) is 10.7. The highest BCUT2D eigenvalue weighted by Gasteiger charge is 2.16. The van der Waals surface area contributed by atoms with E-state index in [1.165, 1.54) is 0 Å². The zero-order chi connectivity index (χ0) is 25.8. The van der Waals surface area contributed by atoms with E-state index in [2.05, 4.69) is 30.6 Å². The topological polar surface area (TPSA) is 106 Å². The third-order valence-electron chi connectivity index (χ3n) is 6.05. The van der Waals surface area contributed by atoms with Crippen molar-refractivity contribution < 1.29 is 14.3 Å². The number of hydrogen-bond acceptors (Lipinski definition) is 8. The minimum Gasteiger partial charge on any atom is -0.497 e. The molecule has 0 spiro atoms. The lowest BCUT2D eigenvalue weighted by Gasteiger charge is -2.28. The summed E-state index contributed by atoms with van der Waals surface area (Å²) in [6.45, 7) is 4.89. The van der Waals surface area contributed by atoms with Crippen molar-refractivity contribution in [1.82, 2.24) is 19.7 Å². The maximum atomic E-state index is 13.0. The van der Waals surface area contributed by atoms with Crippen LogP contribution in [0.25, 0.3) is 11.3 Å². The molecule has 3 heterocycles. The fraction of sp³-hybridized carbons (Fsp3) is 0.259. The van der Waals surface area contributed by atoms with Crippen molar-refractivity contribution in [2.45, 2.75) is 6.92 Å². The Balaban J connectivity index is 1.26. The van der Waals surface area contributed by atoms with E-state index in [0.717, 1.165) is 35.9 Å². The Morgan fingerprint density at radius 2 is 1.76 bits per heavy atom. The van der Waals surface area contributed by atoms with Crippen molar-refractivity contribution in [3.05, 3.63) is 72.2 Å². The molecule has 5 rings (SSSR count). The molecule has 37 heavy (non-hydrogen) atoms. The van der Waals surface area contributed by atoms with E-state index in [-0.39, 0.29) is 5.91 Å². The average molecular weight is 500 g/mol. The Morgan fingerprint density at radius 3 is 2.51 bits per heavy atom. The van der Waals surface area contributed by atoms with E-state index in [4.69, 9.17) is 9.47 Å². The number of aryl methyl sites for hydroxylation is 2. The van der Waals surface area contributed by atoms with Crippen molar-refractivity contribution in [2.24, 2.45) is 7.05 Å². The van der Waals surface area contributed by atoms with Crippen LogP contribution in [0.4, 0.5) is 23.0 Å². The van der Waals surface area contributed by atoms with Gasteiger partial charge >= 0.3 is 0 Å². The summed E-state index contributed by atoms with van der Waals surface area (Å²) in [5.74, 6) is 2.78. The van der Waals surface area contributed by atoms with Crippen molar-refractivity contribution in [2.75, 3.05) is 48.9 Å². The second-order valence-electron chi connectivity index (χ2n) is 8.68. The first kappa shape index (κ1) is 24.3. The summed E-state index contributed by atoms with van der Waals surface area (Å²) in [5.41, 5.74) is 3.55. The molecule has 0 radical (unpaired) electrons. The predicted octanol–water partition coefficient (Wildman–Crippen LogP) is 4.03. The largest absolute Gasteiger partial charge is 0.497 e. The van der Waals surface area contributed by atoms with E-state index in [9.17, 15) is 4.79 Å². The molecule has 0 unspecified atom stereocenters. The number of carbonyl (C=O) groups excluding carboxylic acids is 1. The summed E-state index contributed by atoms with van der Waals surface area (Å²) in [6, 6.07) is 18.8. The quantitative estimate of drug-likeness (QED) is 0.393. The molecule has 0 bridgehead atoms. The molecule has 2 aromatic carbocycles. The highest BCUT2D eigenvalue weighted by Crippen LogP contribution is 2.25. The highest BCUT2D eigenvalue weighted by atomic mass is 16.5. The van der Waals surface area contributed by atoms with Gasteiger partial charge in [-0.2, -0.15) is 5.10 Å². The van der Waals surface area contributed by atoms with Crippen LogP contribution >= 0.6 is 0 Å². The van der Waals surface area contributed by atoms with Crippen molar-refractivity contribution in [3.8, 4) is 17.0 Å². The van der Waals surface area contributed by atoms with Crippen LogP contribution in [0.3, 0.4) is 0 Å². The number of benzene rings is 2. The van der Waals surface area contributed by atoms with Crippen LogP contribution < -0.4 is 20.3 Å². The van der Waals surface area contributed by atoms with Crippen LogP contribution in [0.15, 0.2) is 60.7 Å². The number of hydrogen-bond donors (Lipinski definition) is 2. The van der Waals surface area contributed by atoms with Crippen LogP contribution in [-0.2, 0) is 11.8 Å². The molecule has 1 fully saturated rings. The first-order valence-corrected chi connectivity index (χ1v) is 12.0. The summed E-state index contributed by atoms with van der Waals surface area (Å²) in [7, 11) is 3.37. The minimum atomic E-state index is -0.244. The van der Waals surface area contributed by atoms with Gasteiger partial charge < -0.3 is 25.0 Å². The lowest BCUT2D eigenvalue weighted by molar-refractivity contribution is 0.101. The van der Waals surface area contributed by atoms with Gasteiger partial charge in [0.15, 0.2) is 0 Å². The SMILES string of the molecule is COc1cccc(-c2cc(C(=O)Nc3ccc(Nc4cc(N5CCOCC5)nc(C)n4)cc3)n(C)n2)c1. The molecule has 4 aromatic rings. The van der Waals surface area contributed by atoms with E-state index in [0.29, 0.717) is 41.9 Å². The maximum absolute atomic E-state index is 13.0. The summed E-state index contributed by atoms with van der Waals surface area (Å²) in [6.07, 6.45) is 0. The van der Waals surface area contributed by atoms with Gasteiger partial charge in [0.05, 0.1) is 26.0 Å². The number of nitrogens with zero attached hydrogens (tertiary/aromatic N) is 5. The lowest BCUT2D eigenvalue weighted by Crippen LogP contribution is -2.36. The van der Waals surface area contributed by atoms with E-state index >= 15 is 0 Å². The first-order chi connectivity index (χ1) is 18.0. The summed E-state index contributed by atoms with van der Waals surface area (Å²) < 4.78 is 12.3. The predicted molar refractivity (Wildman–Crippen MR) is 143 cm³/mol. The molecule has 10 nitrogen and oxygen atoms in total. The molecule has 0 saturated carbocycles. The molecule has 10 heteroatoms. The third kappa shape index (κ3) is 5.70. The zero-order valence-corrected chi connectivity index (χ0v) is 21.1. The number of aromatic nitrogens is 4. The van der Waals surface area contributed by atoms with Crippen LogP contribution in [0.2, 0.25) is 0 Å². The number of morpholine rings is 1. The fourth-order valence-electron chi connectivity index (χ4n) is 4.15. The number of ether oxygens (including phenoxy) is 2. The Kier molecular flexibility index (Phi) is 7.00. The standard InChI is InChI=1S/C27H29N7O3/c1-18-28-25(17-26(29-18)34-11-13-37-14-12-34)30-20-7-9-21(10-8-20)31-27(35)24-16-23(32-33(24)2)19-5-4-6-22(15-19)36-3/h4-10,15-17H,11-14H2,1-3H3,(H,31,35)(H,28,29,30). The molecule has 0 aliphatic carbocycles. The molecule has 1 amide bonds. The Hall–Kier alpha value is -4.44. The smallest absolute Gasteiger partial charge is 0.273 e. The molecule has 0 atom stereocenters. The summed E-state index contributed by atoms with van der Waals surface area (Å²) >= 11 is 0. The Labute approximate surface area is 215 Å². The number of amides is 1. The van der Waals surface area contributed by atoms with Gasteiger partial charge in [-0.25, -0.2) is 9.97 Å². The van der Waals surface area contributed by atoms with Gasteiger partial charge in [0.1, 0.15) is 28.9 Å². The molecule has 1 aliphatic rings. The van der Waals surface area contributed by atoms with Gasteiger partial charge in [-0.1, -0.05) is 12.1 Å². The van der Waals surface area contributed by atoms with Crippen LogP contribution in [0.1, 0.15) is 16.3 Å². The van der Waals surface area contributed by atoms with Crippen LogP contribution in [-0.4, -0.2) is 59.1 Å². The van der Waals surface area contributed by atoms with Gasteiger partial charge in [-0.05, 0) is 49.4 Å². The number of anilines is 4. The van der Waals surface area contributed by atoms with Crippen molar-refractivity contribution in [1.29, 1.82) is 0 Å². The van der Waals surface area contributed by atoms with Crippen molar-refractivity contribution in [3.63, 3.8) is 0 Å². The third-order valence-corrected chi connectivity index (χ3v) is 6.05. The monoisotopic (exact) mass is 499 g/mol.